The Morgan fingerprint density at radius 1 is 1.00 bits per heavy atom. The van der Waals surface area contributed by atoms with Gasteiger partial charge in [0.15, 0.2) is 28.1 Å². The van der Waals surface area contributed by atoms with E-state index in [1.807, 2.05) is 41.8 Å². The summed E-state index contributed by atoms with van der Waals surface area (Å²) in [5.41, 5.74) is 2.83. The molecular formula is C20H20N4O2S. The van der Waals surface area contributed by atoms with Crippen LogP contribution in [0.25, 0.3) is 16.6 Å². The van der Waals surface area contributed by atoms with Crippen molar-refractivity contribution in [1.29, 1.82) is 0 Å². The average Bonchev–Trinajstić information content (AvgIpc) is 3.16. The number of benzene rings is 2. The van der Waals surface area contributed by atoms with Crippen LogP contribution in [0.1, 0.15) is 18.3 Å². The van der Waals surface area contributed by atoms with Crippen molar-refractivity contribution in [1.82, 2.24) is 19.6 Å². The van der Waals surface area contributed by atoms with Crippen LogP contribution < -0.4 is 9.47 Å². The summed E-state index contributed by atoms with van der Waals surface area (Å²) in [6.45, 7) is 2.05. The van der Waals surface area contributed by atoms with Gasteiger partial charge in [0.1, 0.15) is 0 Å². The van der Waals surface area contributed by atoms with Crippen molar-refractivity contribution >= 4 is 28.3 Å². The van der Waals surface area contributed by atoms with E-state index in [-0.39, 0.29) is 0 Å². The van der Waals surface area contributed by atoms with Gasteiger partial charge in [0.2, 0.25) is 0 Å². The maximum Gasteiger partial charge on any atom is 0.191 e. The van der Waals surface area contributed by atoms with Crippen molar-refractivity contribution in [3.63, 3.8) is 0 Å². The Balaban J connectivity index is 1.87. The molecule has 0 spiro atoms. The second-order valence-electron chi connectivity index (χ2n) is 6.01. The lowest BCUT2D eigenvalue weighted by molar-refractivity contribution is 0.355. The van der Waals surface area contributed by atoms with Gasteiger partial charge >= 0.3 is 0 Å². The first-order chi connectivity index (χ1) is 13.2. The van der Waals surface area contributed by atoms with E-state index in [9.17, 15) is 0 Å². The SMILES string of the molecule is CCc1nc2c3cc(OC)c(OC)cc3nc(SCc3ccccc3)n2n1. The molecule has 0 radical (unpaired) electrons. The van der Waals surface area contributed by atoms with E-state index in [0.717, 1.165) is 39.7 Å². The summed E-state index contributed by atoms with van der Waals surface area (Å²) in [6, 6.07) is 14.1. The number of nitrogens with zero attached hydrogens (tertiary/aromatic N) is 4. The minimum atomic E-state index is 0.649. The van der Waals surface area contributed by atoms with Crippen molar-refractivity contribution in [2.75, 3.05) is 14.2 Å². The van der Waals surface area contributed by atoms with E-state index in [0.29, 0.717) is 11.5 Å². The summed E-state index contributed by atoms with van der Waals surface area (Å²) in [5.74, 6) is 2.90. The molecule has 2 heterocycles. The normalized spacial score (nSPS) is 11.2. The van der Waals surface area contributed by atoms with E-state index in [1.165, 1.54) is 5.56 Å². The zero-order valence-corrected chi connectivity index (χ0v) is 16.3. The molecule has 0 bridgehead atoms. The molecule has 7 heteroatoms. The lowest BCUT2D eigenvalue weighted by Crippen LogP contribution is -2.00. The first kappa shape index (κ1) is 17.6. The smallest absolute Gasteiger partial charge is 0.191 e. The Morgan fingerprint density at radius 3 is 2.44 bits per heavy atom. The van der Waals surface area contributed by atoms with E-state index >= 15 is 0 Å². The molecule has 4 rings (SSSR count). The molecule has 4 aromatic rings. The van der Waals surface area contributed by atoms with Gasteiger partial charge in [0, 0.05) is 23.6 Å². The average molecular weight is 380 g/mol. The third kappa shape index (κ3) is 3.30. The predicted octanol–water partition coefficient (Wildman–Crippen LogP) is 4.15. The van der Waals surface area contributed by atoms with Gasteiger partial charge in [0.25, 0.3) is 0 Å². The third-order valence-electron chi connectivity index (χ3n) is 4.32. The topological polar surface area (TPSA) is 61.5 Å². The Bertz CT molecular complexity index is 1100. The lowest BCUT2D eigenvalue weighted by atomic mass is 10.2. The monoisotopic (exact) mass is 380 g/mol. The number of hydrogen-bond acceptors (Lipinski definition) is 6. The Hall–Kier alpha value is -2.80. The molecule has 0 amide bonds. The molecule has 138 valence electrons. The summed E-state index contributed by atoms with van der Waals surface area (Å²) in [7, 11) is 3.25. The van der Waals surface area contributed by atoms with Gasteiger partial charge in [-0.15, -0.1) is 5.10 Å². The molecule has 0 saturated carbocycles. The second kappa shape index (κ2) is 7.44. The molecule has 0 aliphatic heterocycles. The van der Waals surface area contributed by atoms with Gasteiger partial charge < -0.3 is 9.47 Å². The van der Waals surface area contributed by atoms with Crippen molar-refractivity contribution in [3.8, 4) is 11.5 Å². The van der Waals surface area contributed by atoms with E-state index < -0.39 is 0 Å². The lowest BCUT2D eigenvalue weighted by Gasteiger charge is -2.11. The molecule has 0 aliphatic carbocycles. The van der Waals surface area contributed by atoms with Crippen LogP contribution in [0.2, 0.25) is 0 Å². The van der Waals surface area contributed by atoms with Crippen LogP contribution in [-0.2, 0) is 12.2 Å². The van der Waals surface area contributed by atoms with Crippen molar-refractivity contribution in [2.24, 2.45) is 0 Å². The number of aromatic nitrogens is 4. The minimum Gasteiger partial charge on any atom is -0.493 e. The Morgan fingerprint density at radius 2 is 1.74 bits per heavy atom. The summed E-state index contributed by atoms with van der Waals surface area (Å²) in [4.78, 5) is 9.55. The highest BCUT2D eigenvalue weighted by Gasteiger charge is 2.16. The molecule has 0 unspecified atom stereocenters. The van der Waals surface area contributed by atoms with E-state index in [4.69, 9.17) is 19.4 Å². The number of thioether (sulfide) groups is 1. The van der Waals surface area contributed by atoms with Crippen LogP contribution in [0.4, 0.5) is 0 Å². The van der Waals surface area contributed by atoms with Crippen LogP contribution in [0.5, 0.6) is 11.5 Å². The Kier molecular flexibility index (Phi) is 4.85. The van der Waals surface area contributed by atoms with Gasteiger partial charge in [-0.3, -0.25) is 0 Å². The number of rotatable bonds is 6. The van der Waals surface area contributed by atoms with Crippen LogP contribution in [0, 0.1) is 0 Å². The quantitative estimate of drug-likeness (QED) is 0.370. The third-order valence-corrected chi connectivity index (χ3v) is 5.32. The number of ether oxygens (including phenoxy) is 2. The molecule has 0 aliphatic rings. The van der Waals surface area contributed by atoms with Gasteiger partial charge in [-0.1, -0.05) is 49.0 Å². The highest BCUT2D eigenvalue weighted by atomic mass is 32.2. The summed E-state index contributed by atoms with van der Waals surface area (Å²) >= 11 is 1.64. The molecule has 2 aromatic carbocycles. The van der Waals surface area contributed by atoms with Gasteiger partial charge in [-0.25, -0.2) is 9.97 Å². The van der Waals surface area contributed by atoms with Gasteiger partial charge in [0.05, 0.1) is 19.7 Å². The van der Waals surface area contributed by atoms with Gasteiger partial charge in [-0.05, 0) is 11.6 Å². The maximum absolute atomic E-state index is 5.45. The highest BCUT2D eigenvalue weighted by molar-refractivity contribution is 7.98. The first-order valence-corrected chi connectivity index (χ1v) is 9.70. The van der Waals surface area contributed by atoms with Crippen LogP contribution in [0.3, 0.4) is 0 Å². The zero-order valence-electron chi connectivity index (χ0n) is 15.5. The molecular weight excluding hydrogens is 360 g/mol. The fourth-order valence-corrected chi connectivity index (χ4v) is 3.82. The first-order valence-electron chi connectivity index (χ1n) is 8.71. The molecule has 6 nitrogen and oxygen atoms in total. The predicted molar refractivity (Wildman–Crippen MR) is 107 cm³/mol. The zero-order chi connectivity index (χ0) is 18.8. The van der Waals surface area contributed by atoms with E-state index in [2.05, 4.69) is 17.2 Å². The van der Waals surface area contributed by atoms with Crippen LogP contribution >= 0.6 is 11.8 Å². The summed E-state index contributed by atoms with van der Waals surface area (Å²) < 4.78 is 12.7. The van der Waals surface area contributed by atoms with Crippen LogP contribution in [-0.4, -0.2) is 33.8 Å². The summed E-state index contributed by atoms with van der Waals surface area (Å²) in [6.07, 6.45) is 0.763. The highest BCUT2D eigenvalue weighted by Crippen LogP contribution is 2.34. The molecule has 2 aromatic heterocycles. The number of methoxy groups -OCH3 is 2. The van der Waals surface area contributed by atoms with Gasteiger partial charge in [-0.2, -0.15) is 4.52 Å². The number of hydrogen-bond donors (Lipinski definition) is 0. The molecule has 0 atom stereocenters. The fourth-order valence-electron chi connectivity index (χ4n) is 2.92. The molecule has 0 N–H and O–H groups in total. The van der Waals surface area contributed by atoms with E-state index in [1.54, 1.807) is 26.0 Å². The minimum absolute atomic E-state index is 0.649. The molecule has 0 fully saturated rings. The van der Waals surface area contributed by atoms with Crippen LogP contribution in [0.15, 0.2) is 47.6 Å². The largest absolute Gasteiger partial charge is 0.493 e. The molecule has 0 saturated heterocycles. The maximum atomic E-state index is 5.45. The standard InChI is InChI=1S/C20H20N4O2S/c1-4-18-22-19-14-10-16(25-2)17(26-3)11-15(14)21-20(24(19)23-18)27-12-13-8-6-5-7-9-13/h5-11H,4,12H2,1-3H3. The fraction of sp³-hybridized carbons (Fsp3) is 0.250. The van der Waals surface area contributed by atoms with Crippen molar-refractivity contribution in [2.45, 2.75) is 24.3 Å². The number of fused-ring (bicyclic) bond motifs is 3. The summed E-state index contributed by atoms with van der Waals surface area (Å²) in [5, 5.41) is 6.34. The second-order valence-corrected chi connectivity index (χ2v) is 6.95. The van der Waals surface area contributed by atoms with Crippen molar-refractivity contribution < 1.29 is 9.47 Å². The Labute approximate surface area is 161 Å². The molecule has 27 heavy (non-hydrogen) atoms. The number of aryl methyl sites for hydroxylation is 1. The van der Waals surface area contributed by atoms with Crippen molar-refractivity contribution in [3.05, 3.63) is 53.9 Å².